The van der Waals surface area contributed by atoms with Crippen LogP contribution in [0.15, 0.2) is 36.4 Å². The Bertz CT molecular complexity index is 654. The molecule has 4 N–H and O–H groups in total. The molecule has 2 aromatic carbocycles. The van der Waals surface area contributed by atoms with Crippen molar-refractivity contribution in [1.82, 2.24) is 0 Å². The predicted octanol–water partition coefficient (Wildman–Crippen LogP) is 2.97. The lowest BCUT2D eigenvalue weighted by Crippen LogP contribution is -1.93. The van der Waals surface area contributed by atoms with Gasteiger partial charge in [-0.1, -0.05) is 12.1 Å². The van der Waals surface area contributed by atoms with Crippen molar-refractivity contribution in [3.05, 3.63) is 67.8 Å². The molecule has 8 heteroatoms. The van der Waals surface area contributed by atoms with E-state index in [0.717, 1.165) is 0 Å². The minimum absolute atomic E-state index is 0.0741. The zero-order valence-corrected chi connectivity index (χ0v) is 12.1. The van der Waals surface area contributed by atoms with Crippen LogP contribution in [0.1, 0.15) is 11.1 Å². The molecule has 0 unspecified atom stereocenters. The summed E-state index contributed by atoms with van der Waals surface area (Å²) in [6.45, 7) is 3.36. The number of nitro groups is 2. The molecule has 8 nitrogen and oxygen atoms in total. The molecule has 0 fully saturated rings. The van der Waals surface area contributed by atoms with Gasteiger partial charge < -0.3 is 11.5 Å². The van der Waals surface area contributed by atoms with Crippen molar-refractivity contribution in [2.24, 2.45) is 0 Å². The average Bonchev–Trinajstić information content (AvgIpc) is 2.44. The van der Waals surface area contributed by atoms with Crippen molar-refractivity contribution in [1.29, 1.82) is 0 Å². The van der Waals surface area contributed by atoms with Crippen molar-refractivity contribution >= 4 is 22.7 Å². The van der Waals surface area contributed by atoms with E-state index in [-0.39, 0.29) is 11.4 Å². The van der Waals surface area contributed by atoms with E-state index < -0.39 is 9.85 Å². The fraction of sp³-hybridized carbons (Fsp3) is 0.143. The van der Waals surface area contributed by atoms with Gasteiger partial charge in [0.05, 0.1) is 9.85 Å². The SMILES string of the molecule is Cc1ccc(N)cc1[N+](=O)[O-].Cc1ccc(N)cc1[N+](=O)[O-]. The number of benzene rings is 2. The molecule has 0 bridgehead atoms. The molecule has 0 heterocycles. The highest BCUT2D eigenvalue weighted by Crippen LogP contribution is 2.20. The van der Waals surface area contributed by atoms with Crippen LogP contribution < -0.4 is 11.5 Å². The van der Waals surface area contributed by atoms with E-state index >= 15 is 0 Å². The molecule has 0 aliphatic carbocycles. The summed E-state index contributed by atoms with van der Waals surface area (Å²) < 4.78 is 0. The lowest BCUT2D eigenvalue weighted by atomic mass is 10.2. The van der Waals surface area contributed by atoms with Crippen molar-refractivity contribution < 1.29 is 9.85 Å². The van der Waals surface area contributed by atoms with Gasteiger partial charge >= 0.3 is 0 Å². The van der Waals surface area contributed by atoms with E-state index in [0.29, 0.717) is 22.5 Å². The lowest BCUT2D eigenvalue weighted by molar-refractivity contribution is -0.385. The minimum atomic E-state index is -0.439. The van der Waals surface area contributed by atoms with E-state index in [1.807, 2.05) is 0 Å². The standard InChI is InChI=1S/2C7H8N2O2/c2*1-5-2-3-6(8)4-7(5)9(10)11/h2*2-4H,8H2,1H3. The highest BCUT2D eigenvalue weighted by atomic mass is 16.6. The maximum absolute atomic E-state index is 10.3. The van der Waals surface area contributed by atoms with Gasteiger partial charge in [0.2, 0.25) is 0 Å². The normalized spacial score (nSPS) is 9.55. The third kappa shape index (κ3) is 4.44. The van der Waals surface area contributed by atoms with Gasteiger partial charge in [-0.3, -0.25) is 20.2 Å². The summed E-state index contributed by atoms with van der Waals surface area (Å²) in [5, 5.41) is 20.6. The zero-order chi connectivity index (χ0) is 16.9. The molecule has 116 valence electrons. The summed E-state index contributed by atoms with van der Waals surface area (Å²) >= 11 is 0. The first-order valence-electron chi connectivity index (χ1n) is 6.23. The monoisotopic (exact) mass is 304 g/mol. The Balaban J connectivity index is 0.000000220. The number of aryl methyl sites for hydroxylation is 2. The summed E-state index contributed by atoms with van der Waals surface area (Å²) in [5.41, 5.74) is 13.0. The van der Waals surface area contributed by atoms with Crippen molar-refractivity contribution in [3.8, 4) is 0 Å². The predicted molar refractivity (Wildman–Crippen MR) is 84.5 cm³/mol. The average molecular weight is 304 g/mol. The first-order chi connectivity index (χ1) is 10.2. The molecular weight excluding hydrogens is 288 g/mol. The number of anilines is 2. The van der Waals surface area contributed by atoms with E-state index in [9.17, 15) is 20.2 Å². The first kappa shape index (κ1) is 16.9. The van der Waals surface area contributed by atoms with Gasteiger partial charge in [-0.25, -0.2) is 0 Å². The molecule has 0 aliphatic rings. The maximum atomic E-state index is 10.3. The third-order valence-corrected chi connectivity index (χ3v) is 2.86. The fourth-order valence-electron chi connectivity index (χ4n) is 1.65. The number of hydrogen-bond donors (Lipinski definition) is 2. The van der Waals surface area contributed by atoms with Crippen LogP contribution in [0.5, 0.6) is 0 Å². The molecule has 0 saturated carbocycles. The molecule has 0 atom stereocenters. The van der Waals surface area contributed by atoms with E-state index in [1.54, 1.807) is 38.1 Å². The number of hydrogen-bond acceptors (Lipinski definition) is 6. The van der Waals surface area contributed by atoms with Gasteiger partial charge in [0.15, 0.2) is 0 Å². The highest BCUT2D eigenvalue weighted by molar-refractivity contribution is 5.52. The quantitative estimate of drug-likeness (QED) is 0.496. The Labute approximate surface area is 126 Å². The van der Waals surface area contributed by atoms with Gasteiger partial charge in [-0.15, -0.1) is 0 Å². The zero-order valence-electron chi connectivity index (χ0n) is 12.1. The molecule has 0 radical (unpaired) electrons. The Morgan fingerprint density at radius 2 is 1.09 bits per heavy atom. The van der Waals surface area contributed by atoms with Crippen LogP contribution in [0.25, 0.3) is 0 Å². The van der Waals surface area contributed by atoms with Crippen LogP contribution in [0.2, 0.25) is 0 Å². The Morgan fingerprint density at radius 3 is 1.32 bits per heavy atom. The summed E-state index contributed by atoms with van der Waals surface area (Å²) in [4.78, 5) is 19.8. The molecule has 2 rings (SSSR count). The largest absolute Gasteiger partial charge is 0.399 e. The molecule has 2 aromatic rings. The number of nitro benzene ring substituents is 2. The highest BCUT2D eigenvalue weighted by Gasteiger charge is 2.09. The van der Waals surface area contributed by atoms with E-state index in [1.165, 1.54) is 12.1 Å². The van der Waals surface area contributed by atoms with Gasteiger partial charge in [0.25, 0.3) is 11.4 Å². The van der Waals surface area contributed by atoms with Gasteiger partial charge in [-0.05, 0) is 26.0 Å². The molecule has 0 amide bonds. The fourth-order valence-corrected chi connectivity index (χ4v) is 1.65. The topological polar surface area (TPSA) is 138 Å². The van der Waals surface area contributed by atoms with Crippen molar-refractivity contribution in [3.63, 3.8) is 0 Å². The second-order valence-electron chi connectivity index (χ2n) is 4.61. The Kier molecular flexibility index (Phi) is 5.39. The summed E-state index contributed by atoms with van der Waals surface area (Å²) in [6, 6.07) is 9.26. The van der Waals surface area contributed by atoms with Crippen molar-refractivity contribution in [2.45, 2.75) is 13.8 Å². The van der Waals surface area contributed by atoms with Gasteiger partial charge in [0.1, 0.15) is 0 Å². The van der Waals surface area contributed by atoms with Crippen LogP contribution in [0.3, 0.4) is 0 Å². The summed E-state index contributed by atoms with van der Waals surface area (Å²) in [7, 11) is 0. The molecule has 0 saturated heterocycles. The molecule has 0 spiro atoms. The smallest absolute Gasteiger partial charge is 0.274 e. The number of nitrogen functional groups attached to an aromatic ring is 2. The first-order valence-corrected chi connectivity index (χ1v) is 6.23. The Hall–Kier alpha value is -3.16. The number of nitrogens with zero attached hydrogens (tertiary/aromatic N) is 2. The third-order valence-electron chi connectivity index (χ3n) is 2.86. The summed E-state index contributed by atoms with van der Waals surface area (Å²) in [6.07, 6.45) is 0. The maximum Gasteiger partial charge on any atom is 0.274 e. The van der Waals surface area contributed by atoms with Gasteiger partial charge in [-0.2, -0.15) is 0 Å². The van der Waals surface area contributed by atoms with Crippen LogP contribution >= 0.6 is 0 Å². The van der Waals surface area contributed by atoms with Crippen molar-refractivity contribution in [2.75, 3.05) is 11.5 Å². The molecule has 22 heavy (non-hydrogen) atoms. The van der Waals surface area contributed by atoms with E-state index in [4.69, 9.17) is 11.5 Å². The van der Waals surface area contributed by atoms with Crippen LogP contribution in [-0.2, 0) is 0 Å². The van der Waals surface area contributed by atoms with Crippen LogP contribution in [-0.4, -0.2) is 9.85 Å². The Morgan fingerprint density at radius 1 is 0.773 bits per heavy atom. The number of nitrogens with two attached hydrogens (primary N) is 2. The molecular formula is C14H16N4O4. The van der Waals surface area contributed by atoms with Gasteiger partial charge in [0, 0.05) is 34.6 Å². The second-order valence-corrected chi connectivity index (χ2v) is 4.61. The van der Waals surface area contributed by atoms with Crippen LogP contribution in [0, 0.1) is 34.1 Å². The van der Waals surface area contributed by atoms with Crippen LogP contribution in [0.4, 0.5) is 22.7 Å². The molecule has 0 aliphatic heterocycles. The van der Waals surface area contributed by atoms with E-state index in [2.05, 4.69) is 0 Å². The number of rotatable bonds is 2. The lowest BCUT2D eigenvalue weighted by Gasteiger charge is -1.96. The summed E-state index contributed by atoms with van der Waals surface area (Å²) in [5.74, 6) is 0. The second kappa shape index (κ2) is 7.02. The molecule has 0 aromatic heterocycles. The minimum Gasteiger partial charge on any atom is -0.399 e.